The molecule has 98 valence electrons. The summed E-state index contributed by atoms with van der Waals surface area (Å²) in [5.41, 5.74) is -1.50. The third kappa shape index (κ3) is 2.60. The van der Waals surface area contributed by atoms with Crippen LogP contribution >= 0.6 is 23.1 Å². The SMILES string of the molecule is CSc1cnc(-c2cccs2)c(C(F)(F)F)c1C#N. The minimum absolute atomic E-state index is 0.183. The Morgan fingerprint density at radius 2 is 2.16 bits per heavy atom. The van der Waals surface area contributed by atoms with E-state index >= 15 is 0 Å². The van der Waals surface area contributed by atoms with Crippen LogP contribution in [-0.2, 0) is 6.18 Å². The predicted molar refractivity (Wildman–Crippen MR) is 69.0 cm³/mol. The highest BCUT2D eigenvalue weighted by molar-refractivity contribution is 7.98. The van der Waals surface area contributed by atoms with Crippen molar-refractivity contribution in [1.29, 1.82) is 5.26 Å². The molecule has 2 heterocycles. The van der Waals surface area contributed by atoms with E-state index in [0.717, 1.165) is 23.1 Å². The molecular formula is C12H7F3N2S2. The minimum atomic E-state index is -4.61. The lowest BCUT2D eigenvalue weighted by Gasteiger charge is -2.14. The average molecular weight is 300 g/mol. The summed E-state index contributed by atoms with van der Waals surface area (Å²) in [5.74, 6) is 0. The van der Waals surface area contributed by atoms with Crippen LogP contribution in [0.15, 0.2) is 28.6 Å². The number of hydrogen-bond acceptors (Lipinski definition) is 4. The molecule has 7 heteroatoms. The monoisotopic (exact) mass is 300 g/mol. The van der Waals surface area contributed by atoms with Gasteiger partial charge in [0.25, 0.3) is 0 Å². The standard InChI is InChI=1S/C12H7F3N2S2/c1-18-9-6-17-11(8-3-2-4-19-8)10(7(9)5-16)12(13,14)15/h2-4,6H,1H3. The maximum atomic E-state index is 13.2. The molecule has 0 aliphatic rings. The molecule has 0 N–H and O–H groups in total. The zero-order valence-electron chi connectivity index (χ0n) is 9.65. The van der Waals surface area contributed by atoms with Crippen molar-refractivity contribution in [3.8, 4) is 16.6 Å². The Kier molecular flexibility index (Phi) is 3.83. The molecule has 19 heavy (non-hydrogen) atoms. The molecule has 0 unspecified atom stereocenters. The first-order valence-corrected chi connectivity index (χ1v) is 7.17. The van der Waals surface area contributed by atoms with Crippen molar-refractivity contribution >= 4 is 23.1 Å². The molecule has 0 saturated carbocycles. The number of hydrogen-bond donors (Lipinski definition) is 0. The normalized spacial score (nSPS) is 11.3. The quantitative estimate of drug-likeness (QED) is 0.770. The summed E-state index contributed by atoms with van der Waals surface area (Å²) < 4.78 is 39.6. The maximum Gasteiger partial charge on any atom is 0.419 e. The fraction of sp³-hybridized carbons (Fsp3) is 0.167. The summed E-state index contributed by atoms with van der Waals surface area (Å²) in [6.45, 7) is 0. The molecule has 0 aromatic carbocycles. The van der Waals surface area contributed by atoms with Crippen molar-refractivity contribution in [2.24, 2.45) is 0 Å². The van der Waals surface area contributed by atoms with E-state index in [4.69, 9.17) is 5.26 Å². The lowest BCUT2D eigenvalue weighted by Crippen LogP contribution is -2.12. The number of rotatable bonds is 2. The fourth-order valence-electron chi connectivity index (χ4n) is 1.64. The van der Waals surface area contributed by atoms with Crippen molar-refractivity contribution in [2.75, 3.05) is 6.26 Å². The number of thiophene rings is 1. The van der Waals surface area contributed by atoms with E-state index in [0.29, 0.717) is 4.88 Å². The minimum Gasteiger partial charge on any atom is -0.253 e. The summed E-state index contributed by atoms with van der Waals surface area (Å²) in [6.07, 6.45) is -1.68. The zero-order chi connectivity index (χ0) is 14.0. The Balaban J connectivity index is 2.80. The van der Waals surface area contributed by atoms with Gasteiger partial charge in [0.15, 0.2) is 0 Å². The Bertz CT molecular complexity index is 628. The van der Waals surface area contributed by atoms with Crippen LogP contribution in [0.4, 0.5) is 13.2 Å². The summed E-state index contributed by atoms with van der Waals surface area (Å²) in [4.78, 5) is 4.52. The molecule has 2 aromatic heterocycles. The van der Waals surface area contributed by atoms with Crippen LogP contribution in [0, 0.1) is 11.3 Å². The number of halogens is 3. The highest BCUT2D eigenvalue weighted by Gasteiger charge is 2.39. The van der Waals surface area contributed by atoms with Crippen LogP contribution in [0.3, 0.4) is 0 Å². The molecule has 0 spiro atoms. The molecule has 2 aromatic rings. The first-order valence-electron chi connectivity index (χ1n) is 5.07. The summed E-state index contributed by atoms with van der Waals surface area (Å²) in [5, 5.41) is 10.7. The van der Waals surface area contributed by atoms with Crippen LogP contribution in [-0.4, -0.2) is 11.2 Å². The molecule has 0 bridgehead atoms. The second-order valence-electron chi connectivity index (χ2n) is 3.51. The van der Waals surface area contributed by atoms with E-state index in [1.165, 1.54) is 6.20 Å². The van der Waals surface area contributed by atoms with E-state index < -0.39 is 11.7 Å². The van der Waals surface area contributed by atoms with Gasteiger partial charge in [0.05, 0.1) is 16.1 Å². The number of alkyl halides is 3. The molecule has 2 nitrogen and oxygen atoms in total. The molecule has 0 fully saturated rings. The molecular weight excluding hydrogens is 293 g/mol. The van der Waals surface area contributed by atoms with E-state index in [-0.39, 0.29) is 16.2 Å². The van der Waals surface area contributed by atoms with Gasteiger partial charge in [-0.2, -0.15) is 18.4 Å². The summed E-state index contributed by atoms with van der Waals surface area (Å²) in [7, 11) is 0. The van der Waals surface area contributed by atoms with Gasteiger partial charge in [-0.15, -0.1) is 23.1 Å². The lowest BCUT2D eigenvalue weighted by molar-refractivity contribution is -0.137. The number of pyridine rings is 1. The van der Waals surface area contributed by atoms with Gasteiger partial charge in [-0.1, -0.05) is 6.07 Å². The van der Waals surface area contributed by atoms with Crippen molar-refractivity contribution < 1.29 is 13.2 Å². The largest absolute Gasteiger partial charge is 0.419 e. The molecule has 0 saturated heterocycles. The average Bonchev–Trinajstić information content (AvgIpc) is 2.89. The van der Waals surface area contributed by atoms with Crippen molar-refractivity contribution in [1.82, 2.24) is 4.98 Å². The van der Waals surface area contributed by atoms with Gasteiger partial charge in [-0.3, -0.25) is 4.98 Å². The topological polar surface area (TPSA) is 36.7 Å². The van der Waals surface area contributed by atoms with Gasteiger partial charge in [-0.25, -0.2) is 0 Å². The van der Waals surface area contributed by atoms with Gasteiger partial charge in [0.1, 0.15) is 11.6 Å². The van der Waals surface area contributed by atoms with Gasteiger partial charge in [0.2, 0.25) is 0 Å². The number of thioether (sulfide) groups is 1. The van der Waals surface area contributed by atoms with Crippen LogP contribution in [0.5, 0.6) is 0 Å². The lowest BCUT2D eigenvalue weighted by atomic mass is 10.1. The maximum absolute atomic E-state index is 13.2. The van der Waals surface area contributed by atoms with Gasteiger partial charge in [0, 0.05) is 11.1 Å². The van der Waals surface area contributed by atoms with Crippen molar-refractivity contribution in [2.45, 2.75) is 11.1 Å². The van der Waals surface area contributed by atoms with Crippen molar-refractivity contribution in [3.63, 3.8) is 0 Å². The first-order chi connectivity index (χ1) is 8.99. The highest BCUT2D eigenvalue weighted by Crippen LogP contribution is 2.41. The van der Waals surface area contributed by atoms with Crippen LogP contribution in [0.25, 0.3) is 10.6 Å². The summed E-state index contributed by atoms with van der Waals surface area (Å²) >= 11 is 2.23. The zero-order valence-corrected chi connectivity index (χ0v) is 11.3. The predicted octanol–water partition coefficient (Wildman–Crippen LogP) is 4.42. The van der Waals surface area contributed by atoms with Crippen LogP contribution in [0.1, 0.15) is 11.1 Å². The third-order valence-electron chi connectivity index (χ3n) is 2.41. The van der Waals surface area contributed by atoms with Gasteiger partial charge >= 0.3 is 6.18 Å². The molecule has 0 amide bonds. The fourth-order valence-corrected chi connectivity index (χ4v) is 2.87. The molecule has 2 rings (SSSR count). The van der Waals surface area contributed by atoms with Gasteiger partial charge in [-0.05, 0) is 17.7 Å². The Morgan fingerprint density at radius 3 is 2.63 bits per heavy atom. The Morgan fingerprint density at radius 1 is 1.42 bits per heavy atom. The first kappa shape index (κ1) is 13.9. The van der Waals surface area contributed by atoms with E-state index in [1.54, 1.807) is 29.8 Å². The van der Waals surface area contributed by atoms with E-state index in [2.05, 4.69) is 4.98 Å². The number of nitriles is 1. The smallest absolute Gasteiger partial charge is 0.253 e. The van der Waals surface area contributed by atoms with Crippen molar-refractivity contribution in [3.05, 3.63) is 34.8 Å². The van der Waals surface area contributed by atoms with E-state index in [1.807, 2.05) is 0 Å². The number of nitrogens with zero attached hydrogens (tertiary/aromatic N) is 2. The molecule has 0 aliphatic heterocycles. The van der Waals surface area contributed by atoms with Crippen LogP contribution < -0.4 is 0 Å². The second kappa shape index (κ2) is 5.23. The Hall–Kier alpha value is -1.52. The summed E-state index contributed by atoms with van der Waals surface area (Å²) in [6, 6.07) is 4.85. The molecule has 0 radical (unpaired) electrons. The molecule has 0 aliphatic carbocycles. The molecule has 0 atom stereocenters. The second-order valence-corrected chi connectivity index (χ2v) is 5.31. The van der Waals surface area contributed by atoms with Crippen LogP contribution in [0.2, 0.25) is 0 Å². The van der Waals surface area contributed by atoms with Gasteiger partial charge < -0.3 is 0 Å². The third-order valence-corrected chi connectivity index (χ3v) is 4.04. The Labute approximate surface area is 115 Å². The van der Waals surface area contributed by atoms with E-state index in [9.17, 15) is 13.2 Å². The highest BCUT2D eigenvalue weighted by atomic mass is 32.2. The number of aromatic nitrogens is 1.